The van der Waals surface area contributed by atoms with Crippen molar-refractivity contribution in [3.63, 3.8) is 0 Å². The Balaban J connectivity index is 2.14. The van der Waals surface area contributed by atoms with Crippen molar-refractivity contribution >= 4 is 5.78 Å². The standard InChI is InChI=1S/C14H25NO2/c1-9-10(6-7-15-9)12(16)11-8-13(2,3)17-14(11,4)5/h9-11,15H,6-8H2,1-5H3. The Bertz CT molecular complexity index is 322. The molecule has 0 aliphatic carbocycles. The molecule has 3 atom stereocenters. The van der Waals surface area contributed by atoms with Gasteiger partial charge in [-0.3, -0.25) is 4.79 Å². The van der Waals surface area contributed by atoms with Gasteiger partial charge < -0.3 is 10.1 Å². The third kappa shape index (κ3) is 2.41. The molecule has 2 aliphatic heterocycles. The van der Waals surface area contributed by atoms with Crippen LogP contribution in [0.3, 0.4) is 0 Å². The van der Waals surface area contributed by atoms with Crippen molar-refractivity contribution in [3.8, 4) is 0 Å². The molecule has 3 nitrogen and oxygen atoms in total. The molecule has 3 unspecified atom stereocenters. The van der Waals surface area contributed by atoms with Gasteiger partial charge in [-0.05, 0) is 54.0 Å². The first-order valence-corrected chi connectivity index (χ1v) is 6.70. The summed E-state index contributed by atoms with van der Waals surface area (Å²) in [5.41, 5.74) is -0.484. The van der Waals surface area contributed by atoms with E-state index >= 15 is 0 Å². The molecule has 3 heteroatoms. The van der Waals surface area contributed by atoms with Crippen LogP contribution in [0.15, 0.2) is 0 Å². The highest BCUT2D eigenvalue weighted by atomic mass is 16.5. The molecule has 2 saturated heterocycles. The number of carbonyl (C=O) groups excluding carboxylic acids is 1. The van der Waals surface area contributed by atoms with Crippen molar-refractivity contribution < 1.29 is 9.53 Å². The number of carbonyl (C=O) groups is 1. The molecule has 2 heterocycles. The van der Waals surface area contributed by atoms with Crippen LogP contribution in [0.2, 0.25) is 0 Å². The molecule has 0 spiro atoms. The fourth-order valence-electron chi connectivity index (χ4n) is 3.51. The molecule has 2 fully saturated rings. The molecule has 0 saturated carbocycles. The molecule has 0 amide bonds. The van der Waals surface area contributed by atoms with Crippen LogP contribution in [-0.4, -0.2) is 29.6 Å². The van der Waals surface area contributed by atoms with Gasteiger partial charge in [0.2, 0.25) is 0 Å². The molecule has 0 bridgehead atoms. The minimum absolute atomic E-state index is 0.0462. The number of hydrogen-bond donors (Lipinski definition) is 1. The zero-order valence-electron chi connectivity index (χ0n) is 11.7. The SMILES string of the molecule is CC1NCCC1C(=O)C1CC(C)(C)OC1(C)C. The highest BCUT2D eigenvalue weighted by molar-refractivity contribution is 5.85. The van der Waals surface area contributed by atoms with Crippen molar-refractivity contribution in [2.45, 2.75) is 64.7 Å². The Morgan fingerprint density at radius 1 is 1.29 bits per heavy atom. The van der Waals surface area contributed by atoms with Gasteiger partial charge in [0, 0.05) is 17.9 Å². The van der Waals surface area contributed by atoms with E-state index in [0.717, 1.165) is 19.4 Å². The maximum Gasteiger partial charge on any atom is 0.143 e. The van der Waals surface area contributed by atoms with E-state index in [1.807, 2.05) is 0 Å². The fourth-order valence-corrected chi connectivity index (χ4v) is 3.51. The number of hydrogen-bond acceptors (Lipinski definition) is 3. The van der Waals surface area contributed by atoms with E-state index in [4.69, 9.17) is 4.74 Å². The largest absolute Gasteiger partial charge is 0.369 e. The second-order valence-corrected chi connectivity index (χ2v) is 6.76. The molecular weight excluding hydrogens is 214 g/mol. The Morgan fingerprint density at radius 2 is 1.94 bits per heavy atom. The molecule has 17 heavy (non-hydrogen) atoms. The topological polar surface area (TPSA) is 38.3 Å². The van der Waals surface area contributed by atoms with Crippen LogP contribution in [0.5, 0.6) is 0 Å². The Labute approximate surface area is 104 Å². The predicted octanol–water partition coefficient (Wildman–Crippen LogP) is 2.15. The van der Waals surface area contributed by atoms with E-state index in [1.165, 1.54) is 0 Å². The average molecular weight is 239 g/mol. The van der Waals surface area contributed by atoms with Gasteiger partial charge in [-0.2, -0.15) is 0 Å². The van der Waals surface area contributed by atoms with E-state index in [2.05, 4.69) is 39.9 Å². The first-order valence-electron chi connectivity index (χ1n) is 6.70. The summed E-state index contributed by atoms with van der Waals surface area (Å²) < 4.78 is 6.02. The summed E-state index contributed by atoms with van der Waals surface area (Å²) in [7, 11) is 0. The van der Waals surface area contributed by atoms with Crippen LogP contribution in [0.25, 0.3) is 0 Å². The van der Waals surface area contributed by atoms with Gasteiger partial charge in [0.05, 0.1) is 11.2 Å². The maximum absolute atomic E-state index is 12.6. The number of nitrogens with one attached hydrogen (secondary N) is 1. The van der Waals surface area contributed by atoms with Gasteiger partial charge in [-0.15, -0.1) is 0 Å². The Hall–Kier alpha value is -0.410. The number of Topliss-reactive ketones (excluding diaryl/α,β-unsaturated/α-hetero) is 1. The first kappa shape index (κ1) is 13.0. The minimum Gasteiger partial charge on any atom is -0.369 e. The van der Waals surface area contributed by atoms with Crippen LogP contribution in [0.4, 0.5) is 0 Å². The lowest BCUT2D eigenvalue weighted by molar-refractivity contribution is -0.133. The van der Waals surface area contributed by atoms with Crippen LogP contribution < -0.4 is 5.32 Å². The lowest BCUT2D eigenvalue weighted by Gasteiger charge is -2.28. The highest BCUT2D eigenvalue weighted by Crippen LogP contribution is 2.44. The van der Waals surface area contributed by atoms with Gasteiger partial charge in [0.15, 0.2) is 0 Å². The lowest BCUT2D eigenvalue weighted by atomic mass is 9.78. The zero-order valence-corrected chi connectivity index (χ0v) is 11.7. The predicted molar refractivity (Wildman–Crippen MR) is 67.9 cm³/mol. The molecule has 98 valence electrons. The Kier molecular flexibility index (Phi) is 3.11. The second kappa shape index (κ2) is 4.06. The Morgan fingerprint density at radius 3 is 2.35 bits per heavy atom. The molecule has 0 aromatic heterocycles. The van der Waals surface area contributed by atoms with Crippen LogP contribution in [0, 0.1) is 11.8 Å². The van der Waals surface area contributed by atoms with Crippen molar-refractivity contribution in [2.24, 2.45) is 11.8 Å². The van der Waals surface area contributed by atoms with Crippen LogP contribution in [-0.2, 0) is 9.53 Å². The molecule has 2 rings (SSSR count). The quantitative estimate of drug-likeness (QED) is 0.802. The molecule has 0 radical (unpaired) electrons. The minimum atomic E-state index is -0.317. The number of rotatable bonds is 2. The fraction of sp³-hybridized carbons (Fsp3) is 0.929. The summed E-state index contributed by atoms with van der Waals surface area (Å²) >= 11 is 0. The highest BCUT2D eigenvalue weighted by Gasteiger charge is 2.51. The molecule has 1 N–H and O–H groups in total. The number of ether oxygens (including phenoxy) is 1. The molecule has 2 aliphatic rings. The van der Waals surface area contributed by atoms with Crippen molar-refractivity contribution in [1.82, 2.24) is 5.32 Å². The molecule has 0 aromatic rings. The van der Waals surface area contributed by atoms with E-state index in [0.29, 0.717) is 11.8 Å². The molecular formula is C14H25NO2. The third-order valence-electron chi connectivity index (χ3n) is 4.31. The van der Waals surface area contributed by atoms with Gasteiger partial charge in [-0.1, -0.05) is 0 Å². The van der Waals surface area contributed by atoms with E-state index in [-0.39, 0.29) is 23.0 Å². The van der Waals surface area contributed by atoms with Gasteiger partial charge in [0.25, 0.3) is 0 Å². The summed E-state index contributed by atoms with van der Waals surface area (Å²) in [5.74, 6) is 0.625. The monoisotopic (exact) mass is 239 g/mol. The summed E-state index contributed by atoms with van der Waals surface area (Å²) in [4.78, 5) is 12.6. The normalized spacial score (nSPS) is 39.5. The van der Waals surface area contributed by atoms with E-state index < -0.39 is 0 Å². The lowest BCUT2D eigenvalue weighted by Crippen LogP contribution is -2.39. The van der Waals surface area contributed by atoms with Crippen molar-refractivity contribution in [3.05, 3.63) is 0 Å². The van der Waals surface area contributed by atoms with Crippen molar-refractivity contribution in [2.75, 3.05) is 6.54 Å². The summed E-state index contributed by atoms with van der Waals surface area (Å²) in [6.45, 7) is 11.4. The second-order valence-electron chi connectivity index (χ2n) is 6.76. The van der Waals surface area contributed by atoms with Gasteiger partial charge in [-0.25, -0.2) is 0 Å². The zero-order chi connectivity index (χ0) is 12.8. The number of ketones is 1. The third-order valence-corrected chi connectivity index (χ3v) is 4.31. The van der Waals surface area contributed by atoms with Crippen LogP contribution in [0.1, 0.15) is 47.5 Å². The van der Waals surface area contributed by atoms with E-state index in [9.17, 15) is 4.79 Å². The van der Waals surface area contributed by atoms with E-state index in [1.54, 1.807) is 0 Å². The van der Waals surface area contributed by atoms with Crippen molar-refractivity contribution in [1.29, 1.82) is 0 Å². The first-order chi connectivity index (χ1) is 7.73. The summed E-state index contributed by atoms with van der Waals surface area (Å²) in [6, 6.07) is 0.321. The van der Waals surface area contributed by atoms with Gasteiger partial charge >= 0.3 is 0 Å². The average Bonchev–Trinajstić information content (AvgIpc) is 2.66. The maximum atomic E-state index is 12.6. The molecule has 0 aromatic carbocycles. The summed E-state index contributed by atoms with van der Waals surface area (Å²) in [5, 5.41) is 3.36. The smallest absolute Gasteiger partial charge is 0.143 e. The summed E-state index contributed by atoms with van der Waals surface area (Å²) in [6.07, 6.45) is 1.83. The van der Waals surface area contributed by atoms with Crippen LogP contribution >= 0.6 is 0 Å². The van der Waals surface area contributed by atoms with Gasteiger partial charge in [0.1, 0.15) is 5.78 Å².